The molecule has 0 atom stereocenters. The third kappa shape index (κ3) is 3.76. The lowest BCUT2D eigenvalue weighted by molar-refractivity contribution is 0.0740. The summed E-state index contributed by atoms with van der Waals surface area (Å²) in [6, 6.07) is 21.2. The van der Waals surface area contributed by atoms with Crippen molar-refractivity contribution in [1.29, 1.82) is 0 Å². The van der Waals surface area contributed by atoms with Crippen LogP contribution in [0.5, 0.6) is 11.5 Å². The second-order valence-electron chi connectivity index (χ2n) is 5.94. The highest BCUT2D eigenvalue weighted by molar-refractivity contribution is 7.21. The van der Waals surface area contributed by atoms with Crippen LogP contribution in [0.3, 0.4) is 0 Å². The average molecular weight is 408 g/mol. The maximum atomic E-state index is 12.7. The van der Waals surface area contributed by atoms with E-state index in [4.69, 9.17) is 16.3 Å². The molecule has 4 aromatic rings. The van der Waals surface area contributed by atoms with Crippen LogP contribution in [0.15, 0.2) is 77.8 Å². The van der Waals surface area contributed by atoms with Gasteiger partial charge in [0.2, 0.25) is 0 Å². The molecule has 0 saturated carbocycles. The molecule has 4 rings (SSSR count). The molecule has 1 heterocycles. The summed E-state index contributed by atoms with van der Waals surface area (Å²) < 4.78 is 6.54. The molecule has 1 aromatic heterocycles. The van der Waals surface area contributed by atoms with Crippen LogP contribution in [0.25, 0.3) is 10.1 Å². The molecule has 1 N–H and O–H groups in total. The Bertz CT molecular complexity index is 1180. The van der Waals surface area contributed by atoms with Gasteiger partial charge in [0.1, 0.15) is 16.4 Å². The highest BCUT2D eigenvalue weighted by Crippen LogP contribution is 2.36. The smallest absolute Gasteiger partial charge is 0.355 e. The standard InChI is InChI=1S/C22H14ClNO3S/c23-20-17-6-2-4-8-19(17)28-21(20)22(26)27-18-7-3-1-5-14(18)13-24-15-9-11-16(25)12-10-15/h1-13,25H. The van der Waals surface area contributed by atoms with Crippen LogP contribution < -0.4 is 4.74 Å². The summed E-state index contributed by atoms with van der Waals surface area (Å²) >= 11 is 7.68. The van der Waals surface area contributed by atoms with Crippen molar-refractivity contribution in [1.82, 2.24) is 0 Å². The lowest BCUT2D eigenvalue weighted by atomic mass is 10.2. The van der Waals surface area contributed by atoms with E-state index >= 15 is 0 Å². The number of hydrogen-bond acceptors (Lipinski definition) is 5. The number of rotatable bonds is 4. The lowest BCUT2D eigenvalue weighted by Gasteiger charge is -2.06. The molecular weight excluding hydrogens is 394 g/mol. The van der Waals surface area contributed by atoms with E-state index in [0.717, 1.165) is 10.1 Å². The van der Waals surface area contributed by atoms with Crippen LogP contribution in [-0.2, 0) is 0 Å². The molecule has 4 nitrogen and oxygen atoms in total. The van der Waals surface area contributed by atoms with Crippen LogP contribution in [0.1, 0.15) is 15.2 Å². The zero-order chi connectivity index (χ0) is 19.5. The fraction of sp³-hybridized carbons (Fsp3) is 0. The van der Waals surface area contributed by atoms with Crippen molar-refractivity contribution < 1.29 is 14.6 Å². The number of carbonyl (C=O) groups excluding carboxylic acids is 1. The molecule has 0 aliphatic carbocycles. The number of nitrogens with zero attached hydrogens (tertiary/aromatic N) is 1. The Hall–Kier alpha value is -3.15. The Morgan fingerprint density at radius 3 is 2.50 bits per heavy atom. The van der Waals surface area contributed by atoms with Crippen molar-refractivity contribution in [3.8, 4) is 11.5 Å². The predicted octanol–water partition coefficient (Wildman–Crippen LogP) is 6.23. The summed E-state index contributed by atoms with van der Waals surface area (Å²) in [5.74, 6) is 0.0636. The summed E-state index contributed by atoms with van der Waals surface area (Å²) in [6.45, 7) is 0. The van der Waals surface area contributed by atoms with Gasteiger partial charge < -0.3 is 9.84 Å². The van der Waals surface area contributed by atoms with Gasteiger partial charge >= 0.3 is 5.97 Å². The van der Waals surface area contributed by atoms with Crippen LogP contribution in [0.2, 0.25) is 5.02 Å². The van der Waals surface area contributed by atoms with E-state index in [1.807, 2.05) is 30.3 Å². The number of ether oxygens (including phenoxy) is 1. The molecule has 0 aliphatic rings. The predicted molar refractivity (Wildman–Crippen MR) is 114 cm³/mol. The molecule has 0 bridgehead atoms. The number of hydrogen-bond donors (Lipinski definition) is 1. The average Bonchev–Trinajstić information content (AvgIpc) is 3.06. The topological polar surface area (TPSA) is 58.9 Å². The first-order chi connectivity index (χ1) is 13.6. The van der Waals surface area contributed by atoms with E-state index < -0.39 is 5.97 Å². The van der Waals surface area contributed by atoms with E-state index in [9.17, 15) is 9.90 Å². The van der Waals surface area contributed by atoms with Crippen molar-refractivity contribution >= 4 is 50.9 Å². The third-order valence-corrected chi connectivity index (χ3v) is 5.70. The normalized spacial score (nSPS) is 11.2. The number of thiophene rings is 1. The Morgan fingerprint density at radius 1 is 1.00 bits per heavy atom. The second kappa shape index (κ2) is 7.84. The first kappa shape index (κ1) is 18.2. The van der Waals surface area contributed by atoms with Gasteiger partial charge in [0.25, 0.3) is 0 Å². The lowest BCUT2D eigenvalue weighted by Crippen LogP contribution is -2.08. The number of benzene rings is 3. The van der Waals surface area contributed by atoms with Crippen molar-refractivity contribution in [2.75, 3.05) is 0 Å². The van der Waals surface area contributed by atoms with Crippen molar-refractivity contribution in [3.05, 3.63) is 88.3 Å². The monoisotopic (exact) mass is 407 g/mol. The minimum Gasteiger partial charge on any atom is -0.508 e. The van der Waals surface area contributed by atoms with E-state index in [1.54, 1.807) is 48.7 Å². The van der Waals surface area contributed by atoms with Crippen LogP contribution in [-0.4, -0.2) is 17.3 Å². The Kier molecular flexibility index (Phi) is 5.10. The van der Waals surface area contributed by atoms with Gasteiger partial charge in [-0.1, -0.05) is 41.9 Å². The van der Waals surface area contributed by atoms with Crippen molar-refractivity contribution in [2.24, 2.45) is 4.99 Å². The Labute approximate surface area is 170 Å². The number of phenols is 1. The number of carbonyl (C=O) groups is 1. The van der Waals surface area contributed by atoms with Gasteiger partial charge in [-0.3, -0.25) is 4.99 Å². The zero-order valence-corrected chi connectivity index (χ0v) is 16.1. The van der Waals surface area contributed by atoms with Gasteiger partial charge in [-0.15, -0.1) is 11.3 Å². The summed E-state index contributed by atoms with van der Waals surface area (Å²) in [5, 5.41) is 10.6. The maximum Gasteiger partial charge on any atom is 0.355 e. The Morgan fingerprint density at radius 2 is 1.71 bits per heavy atom. The minimum atomic E-state index is -0.503. The number of aliphatic imine (C=N–C) groups is 1. The largest absolute Gasteiger partial charge is 0.508 e. The van der Waals surface area contributed by atoms with Crippen molar-refractivity contribution in [3.63, 3.8) is 0 Å². The molecule has 0 fully saturated rings. The third-order valence-electron chi connectivity index (χ3n) is 4.04. The Balaban J connectivity index is 1.60. The minimum absolute atomic E-state index is 0.175. The molecule has 0 aliphatic heterocycles. The number of aromatic hydroxyl groups is 1. The highest BCUT2D eigenvalue weighted by Gasteiger charge is 2.19. The summed E-state index contributed by atoms with van der Waals surface area (Å²) in [7, 11) is 0. The van der Waals surface area contributed by atoms with Crippen molar-refractivity contribution in [2.45, 2.75) is 0 Å². The SMILES string of the molecule is O=C(Oc1ccccc1C=Nc1ccc(O)cc1)c1sc2ccccc2c1Cl. The number of phenolic OH excluding ortho intramolecular Hbond substituents is 1. The second-order valence-corrected chi connectivity index (χ2v) is 7.37. The van der Waals surface area contributed by atoms with Crippen LogP contribution >= 0.6 is 22.9 Å². The summed E-state index contributed by atoms with van der Waals surface area (Å²) in [6.07, 6.45) is 1.61. The summed E-state index contributed by atoms with van der Waals surface area (Å²) in [5.41, 5.74) is 1.33. The first-order valence-corrected chi connectivity index (χ1v) is 9.62. The fourth-order valence-electron chi connectivity index (χ4n) is 2.65. The van der Waals surface area contributed by atoms with Gasteiger partial charge in [0.15, 0.2) is 0 Å². The number of halogens is 1. The molecule has 138 valence electrons. The fourth-order valence-corrected chi connectivity index (χ4v) is 4.04. The molecule has 0 spiro atoms. The highest BCUT2D eigenvalue weighted by atomic mass is 35.5. The zero-order valence-electron chi connectivity index (χ0n) is 14.5. The van der Waals surface area contributed by atoms with E-state index in [-0.39, 0.29) is 5.75 Å². The first-order valence-electron chi connectivity index (χ1n) is 8.43. The molecule has 0 saturated heterocycles. The maximum absolute atomic E-state index is 12.7. The van der Waals surface area contributed by atoms with E-state index in [0.29, 0.717) is 26.9 Å². The van der Waals surface area contributed by atoms with Gasteiger partial charge in [0, 0.05) is 21.9 Å². The van der Waals surface area contributed by atoms with E-state index in [2.05, 4.69) is 4.99 Å². The molecule has 3 aromatic carbocycles. The molecule has 0 amide bonds. The molecule has 0 radical (unpaired) electrons. The molecule has 0 unspecified atom stereocenters. The van der Waals surface area contributed by atoms with E-state index in [1.165, 1.54) is 11.3 Å². The van der Waals surface area contributed by atoms with Crippen LogP contribution in [0, 0.1) is 0 Å². The number of fused-ring (bicyclic) bond motifs is 1. The summed E-state index contributed by atoms with van der Waals surface area (Å²) in [4.78, 5) is 17.4. The van der Waals surface area contributed by atoms with Gasteiger partial charge in [-0.25, -0.2) is 4.79 Å². The number of esters is 1. The quantitative estimate of drug-likeness (QED) is 0.248. The van der Waals surface area contributed by atoms with Gasteiger partial charge in [0.05, 0.1) is 10.7 Å². The number of para-hydroxylation sites is 1. The molecule has 28 heavy (non-hydrogen) atoms. The van der Waals surface area contributed by atoms with Gasteiger partial charge in [-0.05, 0) is 42.5 Å². The molecule has 6 heteroatoms. The molecular formula is C22H14ClNO3S. The van der Waals surface area contributed by atoms with Gasteiger partial charge in [-0.2, -0.15) is 0 Å². The van der Waals surface area contributed by atoms with Crippen LogP contribution in [0.4, 0.5) is 5.69 Å².